The average molecular weight is 406 g/mol. The molecule has 4 rings (SSSR count). The zero-order valence-corrected chi connectivity index (χ0v) is 15.4. The first-order valence-corrected chi connectivity index (χ1v) is 8.30. The molecule has 138 valence electrons. The lowest BCUT2D eigenvalue weighted by Crippen LogP contribution is -2.10. The molecule has 0 radical (unpaired) electrons. The molecule has 3 N–H and O–H groups in total. The second kappa shape index (κ2) is 7.60. The van der Waals surface area contributed by atoms with Crippen molar-refractivity contribution in [2.75, 3.05) is 0 Å². The Labute approximate surface area is 162 Å². The number of halogens is 2. The number of nitro groups is 1. The lowest BCUT2D eigenvalue weighted by molar-refractivity contribution is -0.384. The van der Waals surface area contributed by atoms with E-state index in [1.807, 2.05) is 7.05 Å². The number of benzene rings is 1. The van der Waals surface area contributed by atoms with Gasteiger partial charge in [0.15, 0.2) is 11.1 Å². The number of nitrogens with zero attached hydrogens (tertiary/aromatic N) is 4. The van der Waals surface area contributed by atoms with Crippen LogP contribution < -0.4 is 5.49 Å². The average Bonchev–Trinajstić information content (AvgIpc) is 3.28. The number of para-hydroxylation sites is 1. The number of nitro benzene ring substituents is 1. The summed E-state index contributed by atoms with van der Waals surface area (Å²) in [5.74, 6) is 0. The molecule has 0 atom stereocenters. The highest BCUT2D eigenvalue weighted by Gasteiger charge is 2.21. The first kappa shape index (κ1) is 18.6. The van der Waals surface area contributed by atoms with E-state index in [-0.39, 0.29) is 16.2 Å². The van der Waals surface area contributed by atoms with Crippen LogP contribution in [0.25, 0.3) is 22.3 Å². The summed E-state index contributed by atoms with van der Waals surface area (Å²) in [6, 6.07) is 4.73. The topological polar surface area (TPSA) is 129 Å². The van der Waals surface area contributed by atoms with Crippen molar-refractivity contribution >= 4 is 40.1 Å². The Morgan fingerprint density at radius 1 is 1.19 bits per heavy atom. The molecule has 0 bridgehead atoms. The van der Waals surface area contributed by atoms with Crippen LogP contribution >= 0.6 is 23.2 Å². The monoisotopic (exact) mass is 405 g/mol. The maximum Gasteiger partial charge on any atom is 0.295 e. The largest absolute Gasteiger partial charge is 0.366 e. The van der Waals surface area contributed by atoms with Crippen molar-refractivity contribution in [1.82, 2.24) is 24.5 Å². The van der Waals surface area contributed by atoms with Crippen LogP contribution in [0.3, 0.4) is 0 Å². The predicted molar refractivity (Wildman–Crippen MR) is 102 cm³/mol. The molecule has 11 heteroatoms. The SMILES string of the molecule is Cn1cnc(=N)c2[nH]cnc21.O=[N+]([O-])c1c(Cl)cccc1-c1c[nH]cc1Cl. The third-order valence-electron chi connectivity index (χ3n) is 3.70. The summed E-state index contributed by atoms with van der Waals surface area (Å²) in [5.41, 5.74) is 2.50. The normalized spacial score (nSPS) is 10.5. The fourth-order valence-electron chi connectivity index (χ4n) is 2.46. The van der Waals surface area contributed by atoms with E-state index >= 15 is 0 Å². The third kappa shape index (κ3) is 3.69. The van der Waals surface area contributed by atoms with Gasteiger partial charge in [0.05, 0.1) is 28.2 Å². The summed E-state index contributed by atoms with van der Waals surface area (Å²) in [5, 5.41) is 18.8. The van der Waals surface area contributed by atoms with Gasteiger partial charge >= 0.3 is 0 Å². The Balaban J connectivity index is 0.000000166. The number of rotatable bonds is 2. The summed E-state index contributed by atoms with van der Waals surface area (Å²) in [6.45, 7) is 0. The maximum atomic E-state index is 10.9. The number of aromatic nitrogens is 5. The van der Waals surface area contributed by atoms with E-state index in [4.69, 9.17) is 28.6 Å². The molecular weight excluding hydrogens is 393 g/mol. The molecule has 3 aromatic heterocycles. The Bertz CT molecular complexity index is 1180. The predicted octanol–water partition coefficient (Wildman–Crippen LogP) is 3.67. The fourth-order valence-corrected chi connectivity index (χ4v) is 2.92. The Hall–Kier alpha value is -3.17. The smallest absolute Gasteiger partial charge is 0.295 e. The lowest BCUT2D eigenvalue weighted by Gasteiger charge is -2.02. The molecule has 0 spiro atoms. The van der Waals surface area contributed by atoms with Gasteiger partial charge in [-0.3, -0.25) is 15.5 Å². The minimum atomic E-state index is -0.513. The van der Waals surface area contributed by atoms with Crippen LogP contribution in [0.4, 0.5) is 5.69 Å². The first-order valence-electron chi connectivity index (χ1n) is 7.55. The zero-order chi connectivity index (χ0) is 19.6. The minimum absolute atomic E-state index is 0.0970. The molecule has 0 aliphatic heterocycles. The molecule has 4 aromatic rings. The van der Waals surface area contributed by atoms with Gasteiger partial charge in [0.1, 0.15) is 10.5 Å². The van der Waals surface area contributed by atoms with Gasteiger partial charge in [-0.15, -0.1) is 0 Å². The van der Waals surface area contributed by atoms with Crippen molar-refractivity contribution in [2.45, 2.75) is 0 Å². The van der Waals surface area contributed by atoms with Crippen LogP contribution in [-0.2, 0) is 7.05 Å². The quantitative estimate of drug-likeness (QED) is 0.346. The molecule has 0 saturated heterocycles. The number of hydrogen-bond donors (Lipinski definition) is 3. The maximum absolute atomic E-state index is 10.9. The summed E-state index contributed by atoms with van der Waals surface area (Å²) in [6.07, 6.45) is 6.29. The summed E-state index contributed by atoms with van der Waals surface area (Å²) in [4.78, 5) is 23.9. The third-order valence-corrected chi connectivity index (χ3v) is 4.32. The molecule has 0 aliphatic rings. The van der Waals surface area contributed by atoms with Crippen LogP contribution in [0.15, 0.2) is 43.2 Å². The molecule has 3 heterocycles. The Kier molecular flexibility index (Phi) is 5.24. The van der Waals surface area contributed by atoms with Crippen molar-refractivity contribution < 1.29 is 4.92 Å². The summed E-state index contributed by atoms with van der Waals surface area (Å²) in [7, 11) is 1.84. The summed E-state index contributed by atoms with van der Waals surface area (Å²) < 4.78 is 1.77. The van der Waals surface area contributed by atoms with Crippen molar-refractivity contribution in [1.29, 1.82) is 5.41 Å². The van der Waals surface area contributed by atoms with Gasteiger partial charge in [-0.05, 0) is 12.1 Å². The van der Waals surface area contributed by atoms with E-state index in [1.165, 1.54) is 6.07 Å². The van der Waals surface area contributed by atoms with Gasteiger partial charge in [-0.1, -0.05) is 29.3 Å². The fraction of sp³-hybridized carbons (Fsp3) is 0.0625. The van der Waals surface area contributed by atoms with E-state index in [2.05, 4.69) is 19.9 Å². The van der Waals surface area contributed by atoms with Crippen molar-refractivity contribution in [3.8, 4) is 11.1 Å². The molecule has 0 amide bonds. The highest BCUT2D eigenvalue weighted by atomic mass is 35.5. The van der Waals surface area contributed by atoms with Gasteiger partial charge in [0.2, 0.25) is 0 Å². The van der Waals surface area contributed by atoms with Gasteiger partial charge in [0, 0.05) is 25.0 Å². The number of aromatic amines is 2. The lowest BCUT2D eigenvalue weighted by atomic mass is 10.1. The molecule has 27 heavy (non-hydrogen) atoms. The van der Waals surface area contributed by atoms with E-state index in [0.717, 1.165) is 5.65 Å². The highest BCUT2D eigenvalue weighted by Crippen LogP contribution is 2.38. The van der Waals surface area contributed by atoms with E-state index in [1.54, 1.807) is 41.7 Å². The Morgan fingerprint density at radius 2 is 1.96 bits per heavy atom. The molecule has 1 aromatic carbocycles. The highest BCUT2D eigenvalue weighted by molar-refractivity contribution is 6.35. The first-order chi connectivity index (χ1) is 12.9. The van der Waals surface area contributed by atoms with Crippen LogP contribution in [0.2, 0.25) is 10.0 Å². The molecule has 0 aliphatic carbocycles. The van der Waals surface area contributed by atoms with Crippen molar-refractivity contribution in [2.24, 2.45) is 7.05 Å². The minimum Gasteiger partial charge on any atom is -0.366 e. The number of aryl methyl sites for hydroxylation is 1. The molecule has 9 nitrogen and oxygen atoms in total. The van der Waals surface area contributed by atoms with Gasteiger partial charge in [0.25, 0.3) is 5.69 Å². The second-order valence-electron chi connectivity index (χ2n) is 5.42. The number of hydrogen-bond acceptors (Lipinski definition) is 5. The molecule has 0 unspecified atom stereocenters. The van der Waals surface area contributed by atoms with E-state index < -0.39 is 4.92 Å². The second-order valence-corrected chi connectivity index (χ2v) is 6.23. The number of fused-ring (bicyclic) bond motifs is 1. The van der Waals surface area contributed by atoms with E-state index in [0.29, 0.717) is 21.7 Å². The van der Waals surface area contributed by atoms with Crippen LogP contribution in [-0.4, -0.2) is 29.4 Å². The molecular formula is C16H13Cl2N7O2. The molecule has 0 fully saturated rings. The van der Waals surface area contributed by atoms with Gasteiger partial charge < -0.3 is 14.5 Å². The molecule has 0 saturated carbocycles. The summed E-state index contributed by atoms with van der Waals surface area (Å²) >= 11 is 11.7. The van der Waals surface area contributed by atoms with Crippen LogP contribution in [0, 0.1) is 15.5 Å². The number of imidazole rings is 1. The Morgan fingerprint density at radius 3 is 2.59 bits per heavy atom. The van der Waals surface area contributed by atoms with Gasteiger partial charge in [-0.2, -0.15) is 0 Å². The van der Waals surface area contributed by atoms with Crippen LogP contribution in [0.5, 0.6) is 0 Å². The number of nitrogens with one attached hydrogen (secondary N) is 3. The van der Waals surface area contributed by atoms with Crippen LogP contribution in [0.1, 0.15) is 0 Å². The number of H-pyrrole nitrogens is 2. The van der Waals surface area contributed by atoms with Crippen molar-refractivity contribution in [3.05, 3.63) is 68.9 Å². The standard InChI is InChI=1S/C10H6Cl2N2O2.C6H7N5/c11-8-3-1-2-6(10(8)14(15)16)7-4-13-5-9(7)12;1-11-3-10-5(7)4-6(11)9-2-8-4/h1-5,13H;2-3,7H,1H3,(H,8,9). The van der Waals surface area contributed by atoms with E-state index in [9.17, 15) is 10.1 Å². The zero-order valence-electron chi connectivity index (χ0n) is 13.9. The van der Waals surface area contributed by atoms with Gasteiger partial charge in [-0.25, -0.2) is 9.97 Å². The van der Waals surface area contributed by atoms with Crippen molar-refractivity contribution in [3.63, 3.8) is 0 Å².